The van der Waals surface area contributed by atoms with Crippen LogP contribution in [0.1, 0.15) is 16.7 Å². The van der Waals surface area contributed by atoms with Crippen molar-refractivity contribution in [3.63, 3.8) is 0 Å². The molecule has 0 aliphatic heterocycles. The quantitative estimate of drug-likeness (QED) is 0.561. The molecule has 3 rings (SSSR count). The van der Waals surface area contributed by atoms with Crippen molar-refractivity contribution >= 4 is 0 Å². The second kappa shape index (κ2) is 9.07. The van der Waals surface area contributed by atoms with Crippen molar-refractivity contribution in [1.82, 2.24) is 19.7 Å². The summed E-state index contributed by atoms with van der Waals surface area (Å²) in [7, 11) is 0. The van der Waals surface area contributed by atoms with Gasteiger partial charge in [0.2, 0.25) is 0 Å². The predicted molar refractivity (Wildman–Crippen MR) is 107 cm³/mol. The Balaban J connectivity index is 1.95. The Morgan fingerprint density at radius 2 is 2.03 bits per heavy atom. The van der Waals surface area contributed by atoms with Gasteiger partial charge in [0, 0.05) is 31.3 Å². The van der Waals surface area contributed by atoms with Crippen LogP contribution in [-0.2, 0) is 18.7 Å². The third-order valence-electron chi connectivity index (χ3n) is 4.85. The Morgan fingerprint density at radius 1 is 1.24 bits per heavy atom. The maximum Gasteiger partial charge on any atom is 0.137 e. The zero-order chi connectivity index (χ0) is 20.9. The van der Waals surface area contributed by atoms with Gasteiger partial charge in [-0.05, 0) is 24.1 Å². The Bertz CT molecular complexity index is 961. The van der Waals surface area contributed by atoms with Crippen LogP contribution in [0, 0.1) is 18.6 Å². The topological polar surface area (TPSA) is 54.2 Å². The molecule has 0 amide bonds. The predicted octanol–water partition coefficient (Wildman–Crippen LogP) is 3.44. The van der Waals surface area contributed by atoms with Crippen molar-refractivity contribution < 1.29 is 13.9 Å². The van der Waals surface area contributed by atoms with E-state index in [2.05, 4.69) is 16.7 Å². The highest BCUT2D eigenvalue weighted by molar-refractivity contribution is 5.27. The molecule has 1 atom stereocenters. The molecule has 0 saturated carbocycles. The van der Waals surface area contributed by atoms with Gasteiger partial charge in [0.25, 0.3) is 0 Å². The minimum atomic E-state index is -1.66. The van der Waals surface area contributed by atoms with Gasteiger partial charge < -0.3 is 5.11 Å². The van der Waals surface area contributed by atoms with Crippen molar-refractivity contribution in [2.45, 2.75) is 25.6 Å². The molecule has 3 aromatic rings. The molecule has 0 saturated heterocycles. The van der Waals surface area contributed by atoms with Crippen LogP contribution < -0.4 is 0 Å². The highest BCUT2D eigenvalue weighted by atomic mass is 19.1. The standard InChI is InChI=1S/C22H24F2N4O/c1-3-10-27(12-18-7-5-4-6-17(18)2)13-22(29,14-28-16-25-15-26-28)20-9-8-19(23)11-21(20)24/h3-9,11,15-16,29H,1,10,12-14H2,2H3/t22-/m0/s1. The monoisotopic (exact) mass is 398 g/mol. The summed E-state index contributed by atoms with van der Waals surface area (Å²) in [5, 5.41) is 15.6. The summed E-state index contributed by atoms with van der Waals surface area (Å²) < 4.78 is 29.5. The molecule has 29 heavy (non-hydrogen) atoms. The molecule has 1 aromatic heterocycles. The van der Waals surface area contributed by atoms with Crippen molar-refractivity contribution in [2.24, 2.45) is 0 Å². The number of nitrogens with zero attached hydrogens (tertiary/aromatic N) is 4. The fourth-order valence-electron chi connectivity index (χ4n) is 3.44. The summed E-state index contributed by atoms with van der Waals surface area (Å²) in [5.74, 6) is -1.50. The average Bonchev–Trinajstić information content (AvgIpc) is 3.16. The summed E-state index contributed by atoms with van der Waals surface area (Å²) in [4.78, 5) is 5.86. The van der Waals surface area contributed by atoms with Crippen LogP contribution in [0.25, 0.3) is 0 Å². The van der Waals surface area contributed by atoms with Crippen LogP contribution in [0.5, 0.6) is 0 Å². The Hall–Kier alpha value is -2.90. The third-order valence-corrected chi connectivity index (χ3v) is 4.85. The minimum absolute atomic E-state index is 0.00764. The molecule has 0 spiro atoms. The number of rotatable bonds is 9. The summed E-state index contributed by atoms with van der Waals surface area (Å²) in [5.41, 5.74) is 0.566. The lowest BCUT2D eigenvalue weighted by atomic mass is 9.92. The Kier molecular flexibility index (Phi) is 6.51. The van der Waals surface area contributed by atoms with Gasteiger partial charge in [0.15, 0.2) is 0 Å². The van der Waals surface area contributed by atoms with E-state index >= 15 is 0 Å². The second-order valence-corrected chi connectivity index (χ2v) is 7.13. The SMILES string of the molecule is C=CCN(Cc1ccccc1C)C[C@](O)(Cn1cncn1)c1ccc(F)cc1F. The number of aryl methyl sites for hydroxylation is 1. The molecule has 1 N–H and O–H groups in total. The normalized spacial score (nSPS) is 13.4. The van der Waals surface area contributed by atoms with Crippen molar-refractivity contribution in [2.75, 3.05) is 13.1 Å². The van der Waals surface area contributed by atoms with E-state index in [4.69, 9.17) is 0 Å². The van der Waals surface area contributed by atoms with Gasteiger partial charge in [-0.25, -0.2) is 18.4 Å². The first-order valence-electron chi connectivity index (χ1n) is 9.29. The first-order valence-corrected chi connectivity index (χ1v) is 9.29. The fourth-order valence-corrected chi connectivity index (χ4v) is 3.44. The lowest BCUT2D eigenvalue weighted by molar-refractivity contribution is -0.0210. The Morgan fingerprint density at radius 3 is 2.69 bits per heavy atom. The lowest BCUT2D eigenvalue weighted by Gasteiger charge is -2.34. The van der Waals surface area contributed by atoms with E-state index in [9.17, 15) is 13.9 Å². The van der Waals surface area contributed by atoms with Crippen LogP contribution in [0.3, 0.4) is 0 Å². The van der Waals surface area contributed by atoms with Gasteiger partial charge in [-0.2, -0.15) is 5.10 Å². The van der Waals surface area contributed by atoms with Crippen LogP contribution in [0.4, 0.5) is 8.78 Å². The molecular formula is C22H24F2N4O. The van der Waals surface area contributed by atoms with Gasteiger partial charge >= 0.3 is 0 Å². The van der Waals surface area contributed by atoms with Crippen LogP contribution >= 0.6 is 0 Å². The molecule has 0 bridgehead atoms. The number of benzene rings is 2. The second-order valence-electron chi connectivity index (χ2n) is 7.13. The molecule has 7 heteroatoms. The molecule has 0 fully saturated rings. The van der Waals surface area contributed by atoms with E-state index in [-0.39, 0.29) is 18.7 Å². The van der Waals surface area contributed by atoms with Crippen LogP contribution in [0.2, 0.25) is 0 Å². The number of hydrogen-bond donors (Lipinski definition) is 1. The van der Waals surface area contributed by atoms with Gasteiger partial charge in [-0.3, -0.25) is 4.90 Å². The fraction of sp³-hybridized carbons (Fsp3) is 0.273. The molecule has 152 valence electrons. The summed E-state index contributed by atoms with van der Waals surface area (Å²) >= 11 is 0. The molecule has 0 aliphatic carbocycles. The maximum absolute atomic E-state index is 14.6. The maximum atomic E-state index is 14.6. The van der Waals surface area contributed by atoms with E-state index < -0.39 is 17.2 Å². The minimum Gasteiger partial charge on any atom is -0.382 e. The van der Waals surface area contributed by atoms with E-state index in [1.165, 1.54) is 23.4 Å². The number of aromatic nitrogens is 3. The summed E-state index contributed by atoms with van der Waals surface area (Å²) in [6, 6.07) is 11.1. The number of halogens is 2. The van der Waals surface area contributed by atoms with Crippen molar-refractivity contribution in [3.8, 4) is 0 Å². The first-order chi connectivity index (χ1) is 13.9. The zero-order valence-electron chi connectivity index (χ0n) is 16.3. The van der Waals surface area contributed by atoms with Crippen LogP contribution in [0.15, 0.2) is 67.8 Å². The molecule has 2 aromatic carbocycles. The highest BCUT2D eigenvalue weighted by Crippen LogP contribution is 2.28. The highest BCUT2D eigenvalue weighted by Gasteiger charge is 2.35. The van der Waals surface area contributed by atoms with Crippen molar-refractivity contribution in [3.05, 3.63) is 96.1 Å². The van der Waals surface area contributed by atoms with E-state index in [1.54, 1.807) is 6.08 Å². The summed E-state index contributed by atoms with van der Waals surface area (Å²) in [6.07, 6.45) is 4.52. The van der Waals surface area contributed by atoms with E-state index in [0.29, 0.717) is 13.1 Å². The lowest BCUT2D eigenvalue weighted by Crippen LogP contribution is -2.44. The summed E-state index contributed by atoms with van der Waals surface area (Å²) in [6.45, 7) is 6.90. The number of hydrogen-bond acceptors (Lipinski definition) is 4. The molecule has 0 aliphatic rings. The van der Waals surface area contributed by atoms with Gasteiger partial charge in [-0.15, -0.1) is 6.58 Å². The van der Waals surface area contributed by atoms with Gasteiger partial charge in [0.05, 0.1) is 6.54 Å². The smallest absolute Gasteiger partial charge is 0.137 e. The third kappa shape index (κ3) is 5.13. The molecule has 5 nitrogen and oxygen atoms in total. The van der Waals surface area contributed by atoms with E-state index in [1.807, 2.05) is 36.1 Å². The zero-order valence-corrected chi connectivity index (χ0v) is 16.3. The largest absolute Gasteiger partial charge is 0.382 e. The van der Waals surface area contributed by atoms with Crippen LogP contribution in [-0.4, -0.2) is 37.9 Å². The average molecular weight is 398 g/mol. The number of aliphatic hydroxyl groups is 1. The molecule has 0 unspecified atom stereocenters. The molecule has 1 heterocycles. The van der Waals surface area contributed by atoms with Gasteiger partial charge in [0.1, 0.15) is 29.9 Å². The Labute approximate surface area is 168 Å². The molecule has 0 radical (unpaired) electrons. The van der Waals surface area contributed by atoms with Crippen molar-refractivity contribution in [1.29, 1.82) is 0 Å². The molecular weight excluding hydrogens is 374 g/mol. The van der Waals surface area contributed by atoms with Gasteiger partial charge in [-0.1, -0.05) is 36.4 Å². The van der Waals surface area contributed by atoms with E-state index in [0.717, 1.165) is 23.3 Å². The first kappa shape index (κ1) is 20.8.